The lowest BCUT2D eigenvalue weighted by molar-refractivity contribution is -0.159. The van der Waals surface area contributed by atoms with Gasteiger partial charge in [-0.25, -0.2) is 4.79 Å². The molecule has 1 aromatic carbocycles. The lowest BCUT2D eigenvalue weighted by Gasteiger charge is -2.40. The lowest BCUT2D eigenvalue weighted by Crippen LogP contribution is -2.49. The van der Waals surface area contributed by atoms with E-state index in [0.29, 0.717) is 30.8 Å². The van der Waals surface area contributed by atoms with E-state index in [4.69, 9.17) is 9.47 Å². The van der Waals surface area contributed by atoms with Gasteiger partial charge in [0.05, 0.1) is 13.7 Å². The van der Waals surface area contributed by atoms with Crippen LogP contribution < -0.4 is 4.74 Å². The number of nitrogens with zero attached hydrogens (tertiary/aromatic N) is 2. The maximum atomic E-state index is 14.0. The van der Waals surface area contributed by atoms with E-state index in [1.165, 1.54) is 7.11 Å². The number of hydrogen-bond donors (Lipinski definition) is 2. The van der Waals surface area contributed by atoms with Gasteiger partial charge in [0.1, 0.15) is 17.5 Å². The predicted molar refractivity (Wildman–Crippen MR) is 141 cm³/mol. The first kappa shape index (κ1) is 27.2. The number of benzene rings is 1. The van der Waals surface area contributed by atoms with Crippen LogP contribution in [0.25, 0.3) is 11.3 Å². The van der Waals surface area contributed by atoms with Crippen molar-refractivity contribution in [3.8, 4) is 17.0 Å². The zero-order chi connectivity index (χ0) is 27.3. The highest BCUT2D eigenvalue weighted by molar-refractivity contribution is 5.96. The highest BCUT2D eigenvalue weighted by Crippen LogP contribution is 2.42. The number of aromatic nitrogens is 1. The third-order valence-corrected chi connectivity index (χ3v) is 7.60. The van der Waals surface area contributed by atoms with E-state index < -0.39 is 18.2 Å². The number of carbonyl (C=O) groups is 2. The summed E-state index contributed by atoms with van der Waals surface area (Å²) in [7, 11) is 1.49. The smallest absolute Gasteiger partial charge is 0.338 e. The summed E-state index contributed by atoms with van der Waals surface area (Å²) in [6.07, 6.45) is -0.892. The lowest BCUT2D eigenvalue weighted by atomic mass is 9.80. The van der Waals surface area contributed by atoms with E-state index in [9.17, 15) is 19.8 Å². The molecule has 4 rings (SSSR count). The van der Waals surface area contributed by atoms with Crippen LogP contribution >= 0.6 is 0 Å². The molecule has 8 heteroatoms. The normalized spacial score (nSPS) is 18.6. The van der Waals surface area contributed by atoms with Crippen LogP contribution in [0.2, 0.25) is 0 Å². The van der Waals surface area contributed by atoms with Gasteiger partial charge in [-0.05, 0) is 81.7 Å². The van der Waals surface area contributed by atoms with Crippen LogP contribution in [0.1, 0.15) is 81.2 Å². The second-order valence-electron chi connectivity index (χ2n) is 11.9. The molecular formula is C29H40N2O6. The van der Waals surface area contributed by atoms with Gasteiger partial charge in [0.15, 0.2) is 6.10 Å². The van der Waals surface area contributed by atoms with Crippen LogP contribution in [0.5, 0.6) is 5.75 Å². The Balaban J connectivity index is 1.86. The van der Waals surface area contributed by atoms with Crippen LogP contribution in [0.15, 0.2) is 18.2 Å². The molecule has 1 aromatic heterocycles. The number of aliphatic hydroxyl groups is 2. The highest BCUT2D eigenvalue weighted by atomic mass is 16.5. The molecule has 0 spiro atoms. The molecule has 2 aliphatic rings. The second kappa shape index (κ2) is 9.80. The monoisotopic (exact) mass is 512 g/mol. The predicted octanol–water partition coefficient (Wildman–Crippen LogP) is 3.89. The second-order valence-corrected chi connectivity index (χ2v) is 11.9. The molecular weight excluding hydrogens is 472 g/mol. The summed E-state index contributed by atoms with van der Waals surface area (Å²) in [6.45, 7) is 13.8. The van der Waals surface area contributed by atoms with Crippen molar-refractivity contribution in [2.24, 2.45) is 5.41 Å². The molecule has 8 nitrogen and oxygen atoms in total. The molecule has 0 saturated carbocycles. The number of ether oxygens (including phenoxy) is 2. The number of rotatable bonds is 5. The van der Waals surface area contributed by atoms with E-state index in [-0.39, 0.29) is 23.5 Å². The minimum Gasteiger partial charge on any atom is -0.496 e. The number of esters is 1. The van der Waals surface area contributed by atoms with Gasteiger partial charge in [-0.15, -0.1) is 0 Å². The van der Waals surface area contributed by atoms with Crippen molar-refractivity contribution >= 4 is 11.9 Å². The molecule has 2 N–H and O–H groups in total. The Labute approximate surface area is 219 Å². The molecule has 3 heterocycles. The Morgan fingerprint density at radius 3 is 2.46 bits per heavy atom. The van der Waals surface area contributed by atoms with Crippen molar-refractivity contribution < 1.29 is 29.3 Å². The van der Waals surface area contributed by atoms with Crippen LogP contribution in [0, 0.1) is 5.41 Å². The molecule has 0 radical (unpaired) electrons. The first-order valence-electron chi connectivity index (χ1n) is 13.1. The molecule has 0 fully saturated rings. The first-order chi connectivity index (χ1) is 17.3. The molecule has 202 valence electrons. The minimum absolute atomic E-state index is 0.0182. The van der Waals surface area contributed by atoms with Crippen molar-refractivity contribution in [2.45, 2.75) is 85.1 Å². The summed E-state index contributed by atoms with van der Waals surface area (Å²) >= 11 is 0. The number of fused-ring (bicyclic) bond motifs is 5. The fourth-order valence-electron chi connectivity index (χ4n) is 5.59. The number of aliphatic hydroxyl groups excluding tert-OH is 2. The SMILES string of the molecule is CCOC(=O)C(O)C(O)c1cc2c(cc1OC)CCn1c-2cc2c1C(=O)N(C(C)(C)C)CCC(C)(C)C2. The van der Waals surface area contributed by atoms with Gasteiger partial charge < -0.3 is 29.2 Å². The average Bonchev–Trinajstić information content (AvgIpc) is 3.17. The Morgan fingerprint density at radius 2 is 1.84 bits per heavy atom. The summed E-state index contributed by atoms with van der Waals surface area (Å²) in [5, 5.41) is 21.4. The number of methoxy groups -OCH3 is 1. The first-order valence-corrected chi connectivity index (χ1v) is 13.1. The summed E-state index contributed by atoms with van der Waals surface area (Å²) in [5.74, 6) is -0.459. The highest BCUT2D eigenvalue weighted by Gasteiger charge is 2.38. The van der Waals surface area contributed by atoms with Gasteiger partial charge in [-0.3, -0.25) is 4.79 Å². The van der Waals surface area contributed by atoms with Gasteiger partial charge in [0.2, 0.25) is 0 Å². The molecule has 0 bridgehead atoms. The van der Waals surface area contributed by atoms with Gasteiger partial charge in [-0.1, -0.05) is 13.8 Å². The fraction of sp³-hybridized carbons (Fsp3) is 0.586. The van der Waals surface area contributed by atoms with Gasteiger partial charge >= 0.3 is 5.97 Å². The van der Waals surface area contributed by atoms with Crippen LogP contribution in [0.4, 0.5) is 0 Å². The molecule has 0 aliphatic carbocycles. The Hall–Kier alpha value is -2.84. The summed E-state index contributed by atoms with van der Waals surface area (Å²) in [5.41, 5.74) is 4.54. The van der Waals surface area contributed by atoms with Crippen molar-refractivity contribution in [3.05, 3.63) is 40.6 Å². The number of aryl methyl sites for hydroxylation is 1. The molecule has 2 atom stereocenters. The van der Waals surface area contributed by atoms with E-state index in [2.05, 4.69) is 45.3 Å². The van der Waals surface area contributed by atoms with Crippen LogP contribution in [-0.4, -0.2) is 63.5 Å². The number of amides is 1. The zero-order valence-corrected chi connectivity index (χ0v) is 23.1. The van der Waals surface area contributed by atoms with Gasteiger partial charge in [0, 0.05) is 35.4 Å². The Bertz CT molecular complexity index is 1210. The van der Waals surface area contributed by atoms with Crippen LogP contribution in [0.3, 0.4) is 0 Å². The molecule has 37 heavy (non-hydrogen) atoms. The fourth-order valence-corrected chi connectivity index (χ4v) is 5.59. The van der Waals surface area contributed by atoms with Gasteiger partial charge in [-0.2, -0.15) is 0 Å². The third kappa shape index (κ3) is 5.01. The average molecular weight is 513 g/mol. The number of carbonyl (C=O) groups excluding carboxylic acids is 2. The molecule has 2 aromatic rings. The van der Waals surface area contributed by atoms with E-state index in [1.807, 2.05) is 11.0 Å². The Morgan fingerprint density at radius 1 is 1.14 bits per heavy atom. The third-order valence-electron chi connectivity index (χ3n) is 7.60. The molecule has 1 amide bonds. The molecule has 0 saturated heterocycles. The summed E-state index contributed by atoms with van der Waals surface area (Å²) in [4.78, 5) is 28.1. The topological polar surface area (TPSA) is 101 Å². The van der Waals surface area contributed by atoms with E-state index >= 15 is 0 Å². The summed E-state index contributed by atoms with van der Waals surface area (Å²) < 4.78 is 12.5. The van der Waals surface area contributed by atoms with Crippen molar-refractivity contribution in [3.63, 3.8) is 0 Å². The van der Waals surface area contributed by atoms with Crippen LogP contribution in [-0.2, 0) is 28.9 Å². The Kier molecular flexibility index (Phi) is 7.20. The zero-order valence-electron chi connectivity index (χ0n) is 23.1. The quantitative estimate of drug-likeness (QED) is 0.590. The standard InChI is InChI=1S/C29H40N2O6/c1-8-37-27(35)25(33)24(32)20-15-19-17(14-22(20)36-7)9-11-30-21(19)13-18-16-29(5,6)10-12-31(28(2,3)4)26(34)23(18)30/h13-15,24-25,32-33H,8-12,16H2,1-7H3. The van der Waals surface area contributed by atoms with Crippen molar-refractivity contribution in [1.82, 2.24) is 9.47 Å². The molecule has 2 aliphatic heterocycles. The van der Waals surface area contributed by atoms with E-state index in [1.54, 1.807) is 13.0 Å². The van der Waals surface area contributed by atoms with Crippen molar-refractivity contribution in [2.75, 3.05) is 20.3 Å². The maximum Gasteiger partial charge on any atom is 0.338 e. The van der Waals surface area contributed by atoms with Crippen molar-refractivity contribution in [1.29, 1.82) is 0 Å². The van der Waals surface area contributed by atoms with E-state index in [0.717, 1.165) is 40.9 Å². The summed E-state index contributed by atoms with van der Waals surface area (Å²) in [6, 6.07) is 5.73. The largest absolute Gasteiger partial charge is 0.496 e. The van der Waals surface area contributed by atoms with Gasteiger partial charge in [0.25, 0.3) is 5.91 Å². The minimum atomic E-state index is -1.75. The maximum absolute atomic E-state index is 14.0. The number of hydrogen-bond acceptors (Lipinski definition) is 6. The molecule has 2 unspecified atom stereocenters.